The third-order valence-corrected chi connectivity index (χ3v) is 9.98. The number of hydrogen-bond donors (Lipinski definition) is 1. The second kappa shape index (κ2) is 9.36. The van der Waals surface area contributed by atoms with Gasteiger partial charge in [0, 0.05) is 39.1 Å². The van der Waals surface area contributed by atoms with Crippen LogP contribution in [0.1, 0.15) is 29.9 Å². The first kappa shape index (κ1) is 26.1. The molecule has 7 rings (SSSR count). The van der Waals surface area contributed by atoms with Crippen LogP contribution < -0.4 is 4.90 Å². The van der Waals surface area contributed by atoms with E-state index in [1.807, 2.05) is 43.3 Å². The number of allylic oxidation sites excluding steroid dienone is 6. The predicted octanol–water partition coefficient (Wildman–Crippen LogP) is 6.47. The summed E-state index contributed by atoms with van der Waals surface area (Å²) in [5.74, 6) is -3.78. The van der Waals surface area contributed by atoms with Gasteiger partial charge in [0.2, 0.25) is 11.8 Å². The van der Waals surface area contributed by atoms with Crippen molar-refractivity contribution in [2.75, 3.05) is 4.90 Å². The molecule has 1 saturated heterocycles. The summed E-state index contributed by atoms with van der Waals surface area (Å²) in [5.41, 5.74) is 3.18. The van der Waals surface area contributed by atoms with Crippen molar-refractivity contribution in [3.05, 3.63) is 104 Å². The number of phenolic OH excluding ortho intramolecular Hbond substituents is 1. The lowest BCUT2D eigenvalue weighted by molar-refractivity contribution is -0.123. The maximum absolute atomic E-state index is 14.1. The highest BCUT2D eigenvalue weighted by Gasteiger charge is 2.57. The molecule has 0 bridgehead atoms. The molecular formula is C33H23BrClNO5. The molecular weight excluding hydrogens is 606 g/mol. The Morgan fingerprint density at radius 3 is 2.54 bits per heavy atom. The largest absolute Gasteiger partial charge is 0.507 e. The number of halogens is 2. The Hall–Kier alpha value is -3.81. The van der Waals surface area contributed by atoms with Gasteiger partial charge in [0.05, 0.1) is 22.0 Å². The van der Waals surface area contributed by atoms with Gasteiger partial charge in [-0.3, -0.25) is 19.2 Å². The number of imide groups is 1. The molecule has 6 nitrogen and oxygen atoms in total. The molecule has 3 aromatic carbocycles. The molecule has 0 saturated carbocycles. The van der Waals surface area contributed by atoms with Crippen molar-refractivity contribution in [3.63, 3.8) is 0 Å². The van der Waals surface area contributed by atoms with Gasteiger partial charge < -0.3 is 5.11 Å². The summed E-state index contributed by atoms with van der Waals surface area (Å²) in [4.78, 5) is 55.9. The number of carbonyl (C=O) groups is 4. The molecule has 4 atom stereocenters. The molecule has 1 heterocycles. The normalized spacial score (nSPS) is 25.7. The summed E-state index contributed by atoms with van der Waals surface area (Å²) < 4.78 is 0.160. The molecule has 204 valence electrons. The fourth-order valence-electron chi connectivity index (χ4n) is 7.04. The van der Waals surface area contributed by atoms with Crippen molar-refractivity contribution >= 4 is 67.4 Å². The molecule has 41 heavy (non-hydrogen) atoms. The van der Waals surface area contributed by atoms with Crippen LogP contribution in [0.3, 0.4) is 0 Å². The zero-order chi connectivity index (χ0) is 28.7. The number of aryl methyl sites for hydroxylation is 1. The lowest BCUT2D eigenvalue weighted by Crippen LogP contribution is -2.39. The van der Waals surface area contributed by atoms with E-state index in [4.69, 9.17) is 11.6 Å². The van der Waals surface area contributed by atoms with Crippen LogP contribution in [0.2, 0.25) is 5.02 Å². The predicted molar refractivity (Wildman–Crippen MR) is 159 cm³/mol. The number of amides is 2. The number of rotatable bonds is 2. The van der Waals surface area contributed by atoms with E-state index >= 15 is 0 Å². The van der Waals surface area contributed by atoms with Gasteiger partial charge in [-0.15, -0.1) is 0 Å². The van der Waals surface area contributed by atoms with E-state index < -0.39 is 23.7 Å². The van der Waals surface area contributed by atoms with Crippen LogP contribution in [-0.2, 0) is 19.2 Å². The van der Waals surface area contributed by atoms with Crippen LogP contribution in [0.15, 0.2) is 88.0 Å². The lowest BCUT2D eigenvalue weighted by Gasteiger charge is -2.42. The van der Waals surface area contributed by atoms with Gasteiger partial charge in [0.25, 0.3) is 0 Å². The highest BCUT2D eigenvalue weighted by molar-refractivity contribution is 9.12. The van der Waals surface area contributed by atoms with E-state index in [-0.39, 0.29) is 40.0 Å². The number of ketones is 2. The maximum atomic E-state index is 14.1. The van der Waals surface area contributed by atoms with E-state index in [1.165, 1.54) is 11.0 Å². The van der Waals surface area contributed by atoms with Gasteiger partial charge >= 0.3 is 0 Å². The van der Waals surface area contributed by atoms with Crippen LogP contribution >= 0.6 is 27.5 Å². The van der Waals surface area contributed by atoms with Crippen LogP contribution in [0.4, 0.5) is 5.69 Å². The summed E-state index contributed by atoms with van der Waals surface area (Å²) in [6, 6.07) is 16.2. The Balaban J connectivity index is 1.39. The minimum Gasteiger partial charge on any atom is -0.507 e. The summed E-state index contributed by atoms with van der Waals surface area (Å²) in [6.07, 6.45) is 3.69. The fourth-order valence-corrected chi connectivity index (χ4v) is 7.66. The number of carbonyl (C=O) groups excluding carboxylic acids is 4. The number of aromatic hydroxyl groups is 1. The molecule has 3 aliphatic carbocycles. The minimum absolute atomic E-state index is 0.0299. The molecule has 3 aromatic rings. The zero-order valence-electron chi connectivity index (χ0n) is 21.9. The lowest BCUT2D eigenvalue weighted by atomic mass is 9.59. The first-order valence-corrected chi connectivity index (χ1v) is 14.6. The average Bonchev–Trinajstić information content (AvgIpc) is 3.22. The van der Waals surface area contributed by atoms with Gasteiger partial charge in [-0.1, -0.05) is 65.7 Å². The molecule has 4 aliphatic rings. The van der Waals surface area contributed by atoms with Crippen molar-refractivity contribution in [2.45, 2.75) is 25.7 Å². The standard InChI is InChI=1S/C33H23BrClNO5/c1-15-6-8-17(12-25(15)35)36-32(40)21-11-10-19-22(28(21)33(36)41)13-23-29(26(37)14-24(34)31(23)39)27(19)20-9-7-16-4-2-3-5-18(16)30(20)38/h2-10,12,14,21-22,27-28,38H,11,13H2,1H3. The summed E-state index contributed by atoms with van der Waals surface area (Å²) in [6.45, 7) is 1.85. The van der Waals surface area contributed by atoms with E-state index in [0.717, 1.165) is 16.5 Å². The monoisotopic (exact) mass is 627 g/mol. The van der Waals surface area contributed by atoms with Gasteiger partial charge in [-0.25, -0.2) is 4.90 Å². The third-order valence-electron chi connectivity index (χ3n) is 8.99. The topological polar surface area (TPSA) is 91.8 Å². The Kier molecular flexibility index (Phi) is 5.96. The first-order chi connectivity index (χ1) is 19.7. The van der Waals surface area contributed by atoms with Crippen LogP contribution in [0.25, 0.3) is 10.8 Å². The second-order valence-corrected chi connectivity index (χ2v) is 12.3. The van der Waals surface area contributed by atoms with Gasteiger partial charge in [0.15, 0.2) is 11.6 Å². The highest BCUT2D eigenvalue weighted by atomic mass is 79.9. The summed E-state index contributed by atoms with van der Waals surface area (Å²) in [5, 5.41) is 13.4. The second-order valence-electron chi connectivity index (χ2n) is 11.1. The Morgan fingerprint density at radius 2 is 1.76 bits per heavy atom. The quantitative estimate of drug-likeness (QED) is 0.200. The number of hydrogen-bond acceptors (Lipinski definition) is 5. The summed E-state index contributed by atoms with van der Waals surface area (Å²) in [7, 11) is 0. The van der Waals surface area contributed by atoms with Crippen molar-refractivity contribution in [2.24, 2.45) is 17.8 Å². The van der Waals surface area contributed by atoms with Crippen molar-refractivity contribution < 1.29 is 24.3 Å². The van der Waals surface area contributed by atoms with Gasteiger partial charge in [-0.05, 0) is 64.7 Å². The smallest absolute Gasteiger partial charge is 0.238 e. The van der Waals surface area contributed by atoms with E-state index in [1.54, 1.807) is 24.3 Å². The molecule has 0 spiro atoms. The third kappa shape index (κ3) is 3.75. The van der Waals surface area contributed by atoms with Crippen LogP contribution in [0.5, 0.6) is 5.75 Å². The molecule has 1 N–H and O–H groups in total. The Bertz CT molecular complexity index is 1850. The average molecular weight is 629 g/mol. The number of phenols is 1. The van der Waals surface area contributed by atoms with Crippen LogP contribution in [-0.4, -0.2) is 28.5 Å². The first-order valence-electron chi connectivity index (χ1n) is 13.4. The Labute approximate surface area is 249 Å². The number of Topliss-reactive ketones (excluding diaryl/α,β-unsaturated/α-hetero) is 1. The molecule has 8 heteroatoms. The minimum atomic E-state index is -0.728. The molecule has 2 amide bonds. The number of anilines is 1. The van der Waals surface area contributed by atoms with E-state index in [9.17, 15) is 24.3 Å². The van der Waals surface area contributed by atoms with Crippen molar-refractivity contribution in [1.82, 2.24) is 0 Å². The van der Waals surface area contributed by atoms with E-state index in [0.29, 0.717) is 39.2 Å². The molecule has 0 radical (unpaired) electrons. The number of nitrogens with zero attached hydrogens (tertiary/aromatic N) is 1. The highest BCUT2D eigenvalue weighted by Crippen LogP contribution is 2.57. The van der Waals surface area contributed by atoms with E-state index in [2.05, 4.69) is 15.9 Å². The molecule has 1 fully saturated rings. The van der Waals surface area contributed by atoms with Crippen molar-refractivity contribution in [3.8, 4) is 5.75 Å². The number of fused-ring (bicyclic) bond motifs is 4. The number of benzene rings is 3. The van der Waals surface area contributed by atoms with Crippen molar-refractivity contribution in [1.29, 1.82) is 0 Å². The van der Waals surface area contributed by atoms with Gasteiger partial charge in [-0.2, -0.15) is 0 Å². The SMILES string of the molecule is Cc1ccc(N2C(=O)C3CC=C4C(c5ccc6ccccc6c5O)C5=C(CC4C3C2=O)C(=O)C(Br)=CC5=O)cc1Cl. The maximum Gasteiger partial charge on any atom is 0.238 e. The zero-order valence-corrected chi connectivity index (χ0v) is 24.2. The molecule has 4 unspecified atom stereocenters. The Morgan fingerprint density at radius 1 is 0.976 bits per heavy atom. The molecule has 1 aliphatic heterocycles. The van der Waals surface area contributed by atoms with Gasteiger partial charge in [0.1, 0.15) is 5.75 Å². The molecule has 0 aromatic heterocycles. The van der Waals surface area contributed by atoms with Crippen LogP contribution in [0, 0.1) is 24.7 Å². The fraction of sp³-hybridized carbons (Fsp3) is 0.212. The summed E-state index contributed by atoms with van der Waals surface area (Å²) >= 11 is 9.59.